The number of thioether (sulfide) groups is 1. The number of nitrogens with one attached hydrogen (secondary N) is 1. The van der Waals surface area contributed by atoms with Crippen molar-refractivity contribution in [2.75, 3.05) is 25.1 Å². The molecule has 0 saturated heterocycles. The lowest BCUT2D eigenvalue weighted by Crippen LogP contribution is -2.36. The van der Waals surface area contributed by atoms with E-state index in [1.807, 2.05) is 17.8 Å². The summed E-state index contributed by atoms with van der Waals surface area (Å²) in [6.07, 6.45) is 5.12. The van der Waals surface area contributed by atoms with Gasteiger partial charge in [0, 0.05) is 19.1 Å². The van der Waals surface area contributed by atoms with Crippen LogP contribution >= 0.6 is 11.8 Å². The molecule has 0 amide bonds. The molecular weight excluding hydrogens is 156 g/mol. The first-order valence-electron chi connectivity index (χ1n) is 3.88. The molecule has 0 aromatic carbocycles. The zero-order chi connectivity index (χ0) is 8.53. The van der Waals surface area contributed by atoms with Crippen LogP contribution in [0.4, 0.5) is 0 Å². The van der Waals surface area contributed by atoms with Gasteiger partial charge in [0.05, 0.1) is 0 Å². The normalized spacial score (nSPS) is 12.9. The minimum atomic E-state index is 0.459. The van der Waals surface area contributed by atoms with E-state index < -0.39 is 0 Å². The molecule has 0 aliphatic rings. The second-order valence-corrected chi connectivity index (χ2v) is 3.40. The molecule has 1 unspecified atom stereocenters. The third-order valence-electron chi connectivity index (χ3n) is 1.51. The maximum atomic E-state index is 5.55. The molecule has 66 valence electrons. The third kappa shape index (κ3) is 6.41. The van der Waals surface area contributed by atoms with Gasteiger partial charge >= 0.3 is 0 Å². The van der Waals surface area contributed by atoms with Crippen molar-refractivity contribution in [1.29, 1.82) is 0 Å². The molecule has 0 spiro atoms. The molecule has 0 fully saturated rings. The Morgan fingerprint density at radius 2 is 2.45 bits per heavy atom. The highest BCUT2D eigenvalue weighted by molar-refractivity contribution is 7.98. The van der Waals surface area contributed by atoms with Crippen molar-refractivity contribution in [3.63, 3.8) is 0 Å². The lowest BCUT2D eigenvalue weighted by atomic mass is 10.2. The van der Waals surface area contributed by atoms with Crippen LogP contribution in [0.1, 0.15) is 6.42 Å². The van der Waals surface area contributed by atoms with E-state index in [9.17, 15) is 0 Å². The molecule has 0 saturated carbocycles. The standard InChI is InChI=1S/C8H18N2S/c1-3-5-10-8(7-9)4-6-11-2/h3,8,10H,1,4-7,9H2,2H3. The van der Waals surface area contributed by atoms with Gasteiger partial charge in [-0.25, -0.2) is 0 Å². The second kappa shape index (κ2) is 8.11. The van der Waals surface area contributed by atoms with Gasteiger partial charge in [-0.1, -0.05) is 6.08 Å². The molecule has 11 heavy (non-hydrogen) atoms. The number of hydrogen-bond donors (Lipinski definition) is 2. The van der Waals surface area contributed by atoms with Crippen molar-refractivity contribution in [3.05, 3.63) is 12.7 Å². The van der Waals surface area contributed by atoms with E-state index in [1.165, 1.54) is 5.75 Å². The lowest BCUT2D eigenvalue weighted by molar-refractivity contribution is 0.537. The minimum Gasteiger partial charge on any atom is -0.329 e. The second-order valence-electron chi connectivity index (χ2n) is 2.41. The van der Waals surface area contributed by atoms with Crippen molar-refractivity contribution < 1.29 is 0 Å². The molecular formula is C8H18N2S. The summed E-state index contributed by atoms with van der Waals surface area (Å²) in [5, 5.41) is 3.30. The highest BCUT2D eigenvalue weighted by atomic mass is 32.2. The molecule has 0 heterocycles. The van der Waals surface area contributed by atoms with Gasteiger partial charge in [-0.2, -0.15) is 11.8 Å². The number of hydrogen-bond acceptors (Lipinski definition) is 3. The van der Waals surface area contributed by atoms with Gasteiger partial charge in [0.25, 0.3) is 0 Å². The van der Waals surface area contributed by atoms with Crippen LogP contribution in [0.2, 0.25) is 0 Å². The number of rotatable bonds is 7. The van der Waals surface area contributed by atoms with E-state index in [-0.39, 0.29) is 0 Å². The molecule has 0 rings (SSSR count). The first-order valence-corrected chi connectivity index (χ1v) is 5.27. The Morgan fingerprint density at radius 1 is 1.73 bits per heavy atom. The summed E-state index contributed by atoms with van der Waals surface area (Å²) < 4.78 is 0. The molecule has 0 aliphatic heterocycles. The van der Waals surface area contributed by atoms with Crippen molar-refractivity contribution in [2.24, 2.45) is 5.73 Å². The van der Waals surface area contributed by atoms with E-state index in [0.717, 1.165) is 13.0 Å². The Kier molecular flexibility index (Phi) is 8.12. The summed E-state index contributed by atoms with van der Waals surface area (Å²) >= 11 is 1.86. The van der Waals surface area contributed by atoms with Gasteiger partial charge in [-0.15, -0.1) is 6.58 Å². The van der Waals surface area contributed by atoms with E-state index in [1.54, 1.807) is 0 Å². The lowest BCUT2D eigenvalue weighted by Gasteiger charge is -2.14. The van der Waals surface area contributed by atoms with E-state index in [0.29, 0.717) is 12.6 Å². The molecule has 0 bridgehead atoms. The van der Waals surface area contributed by atoms with E-state index in [2.05, 4.69) is 18.2 Å². The summed E-state index contributed by atoms with van der Waals surface area (Å²) in [7, 11) is 0. The maximum Gasteiger partial charge on any atom is 0.0201 e. The Labute approximate surface area is 73.6 Å². The smallest absolute Gasteiger partial charge is 0.0201 e. The molecule has 2 nitrogen and oxygen atoms in total. The van der Waals surface area contributed by atoms with E-state index >= 15 is 0 Å². The van der Waals surface area contributed by atoms with Crippen LogP contribution in [0.3, 0.4) is 0 Å². The minimum absolute atomic E-state index is 0.459. The highest BCUT2D eigenvalue weighted by Gasteiger charge is 2.02. The molecule has 0 radical (unpaired) electrons. The highest BCUT2D eigenvalue weighted by Crippen LogP contribution is 1.98. The fourth-order valence-corrected chi connectivity index (χ4v) is 1.33. The van der Waals surface area contributed by atoms with Crippen molar-refractivity contribution in [1.82, 2.24) is 5.32 Å². The molecule has 0 aromatic rings. The van der Waals surface area contributed by atoms with E-state index in [4.69, 9.17) is 5.73 Å². The molecule has 0 aromatic heterocycles. The van der Waals surface area contributed by atoms with Gasteiger partial charge in [0.1, 0.15) is 0 Å². The average molecular weight is 174 g/mol. The van der Waals surface area contributed by atoms with Crippen molar-refractivity contribution in [2.45, 2.75) is 12.5 Å². The molecule has 0 aliphatic carbocycles. The van der Waals surface area contributed by atoms with Crippen LogP contribution in [0.25, 0.3) is 0 Å². The zero-order valence-corrected chi connectivity index (χ0v) is 7.99. The monoisotopic (exact) mass is 174 g/mol. The summed E-state index contributed by atoms with van der Waals surface area (Å²) in [5.41, 5.74) is 5.55. The summed E-state index contributed by atoms with van der Waals surface area (Å²) in [5.74, 6) is 1.17. The Morgan fingerprint density at radius 3 is 2.91 bits per heavy atom. The maximum absolute atomic E-state index is 5.55. The van der Waals surface area contributed by atoms with Gasteiger partial charge in [0.15, 0.2) is 0 Å². The first kappa shape index (κ1) is 11.0. The predicted molar refractivity (Wildman–Crippen MR) is 54.0 cm³/mol. The van der Waals surface area contributed by atoms with Crippen LogP contribution in [0, 0.1) is 0 Å². The van der Waals surface area contributed by atoms with Gasteiger partial charge in [0.2, 0.25) is 0 Å². The van der Waals surface area contributed by atoms with Crippen molar-refractivity contribution >= 4 is 11.8 Å². The Hall–Kier alpha value is 0.0100. The quantitative estimate of drug-likeness (QED) is 0.562. The van der Waals surface area contributed by atoms with Crippen LogP contribution in [-0.2, 0) is 0 Å². The molecule has 1 atom stereocenters. The van der Waals surface area contributed by atoms with Crippen molar-refractivity contribution in [3.8, 4) is 0 Å². The zero-order valence-electron chi connectivity index (χ0n) is 7.18. The third-order valence-corrected chi connectivity index (χ3v) is 2.15. The summed E-state index contributed by atoms with van der Waals surface area (Å²) in [4.78, 5) is 0. The number of nitrogens with two attached hydrogens (primary N) is 1. The first-order chi connectivity index (χ1) is 5.35. The SMILES string of the molecule is C=CCNC(CN)CCSC. The van der Waals surface area contributed by atoms with Crippen LogP contribution < -0.4 is 11.1 Å². The molecule has 3 heteroatoms. The van der Waals surface area contributed by atoms with Gasteiger partial charge in [-0.3, -0.25) is 0 Å². The molecule has 3 N–H and O–H groups in total. The average Bonchev–Trinajstić information content (AvgIpc) is 2.05. The predicted octanol–water partition coefficient (Wildman–Crippen LogP) is 0.842. The Bertz CT molecular complexity index is 96.1. The largest absolute Gasteiger partial charge is 0.329 e. The van der Waals surface area contributed by atoms with Crippen LogP contribution in [0.5, 0.6) is 0 Å². The van der Waals surface area contributed by atoms with Gasteiger partial charge in [-0.05, 0) is 18.4 Å². The van der Waals surface area contributed by atoms with Crippen LogP contribution in [-0.4, -0.2) is 31.1 Å². The summed E-state index contributed by atoms with van der Waals surface area (Å²) in [6.45, 7) is 5.21. The summed E-state index contributed by atoms with van der Waals surface area (Å²) in [6, 6.07) is 0.459. The fraction of sp³-hybridized carbons (Fsp3) is 0.750. The van der Waals surface area contributed by atoms with Crippen LogP contribution in [0.15, 0.2) is 12.7 Å². The Balaban J connectivity index is 3.32. The topological polar surface area (TPSA) is 38.0 Å². The fourth-order valence-electron chi connectivity index (χ4n) is 0.813. The van der Waals surface area contributed by atoms with Gasteiger partial charge < -0.3 is 11.1 Å².